The molecule has 150 valence electrons. The molecule has 0 unspecified atom stereocenters. The van der Waals surface area contributed by atoms with Gasteiger partial charge in [-0.3, -0.25) is 4.79 Å². The summed E-state index contributed by atoms with van der Waals surface area (Å²) in [6, 6.07) is 11.6. The fraction of sp³-hybridized carbons (Fsp3) is 0.300. The van der Waals surface area contributed by atoms with Gasteiger partial charge in [0, 0.05) is 16.8 Å². The molecule has 2 aromatic carbocycles. The van der Waals surface area contributed by atoms with Crippen LogP contribution in [-0.2, 0) is 14.3 Å². The average molecular weight is 408 g/mol. The second-order valence-corrected chi connectivity index (χ2v) is 5.92. The van der Waals surface area contributed by atoms with E-state index < -0.39 is 18.5 Å². The Morgan fingerprint density at radius 2 is 1.57 bits per heavy atom. The molecular formula is C20H22ClNO6. The van der Waals surface area contributed by atoms with Crippen LogP contribution in [0.2, 0.25) is 5.02 Å². The lowest BCUT2D eigenvalue weighted by Crippen LogP contribution is -2.23. The fourth-order valence-electron chi connectivity index (χ4n) is 2.19. The quantitative estimate of drug-likeness (QED) is 0.605. The maximum atomic E-state index is 12.0. The van der Waals surface area contributed by atoms with E-state index in [-0.39, 0.29) is 6.61 Å². The molecule has 7 nitrogen and oxygen atoms in total. The van der Waals surface area contributed by atoms with Crippen molar-refractivity contribution < 1.29 is 28.5 Å². The highest BCUT2D eigenvalue weighted by Crippen LogP contribution is 2.30. The molecule has 0 heterocycles. The van der Waals surface area contributed by atoms with E-state index in [4.69, 9.17) is 30.5 Å². The highest BCUT2D eigenvalue weighted by Gasteiger charge is 2.11. The van der Waals surface area contributed by atoms with Gasteiger partial charge >= 0.3 is 5.97 Å². The van der Waals surface area contributed by atoms with Crippen LogP contribution in [0.3, 0.4) is 0 Å². The first-order chi connectivity index (χ1) is 13.5. The second kappa shape index (κ2) is 11.0. The second-order valence-electron chi connectivity index (χ2n) is 5.48. The van der Waals surface area contributed by atoms with Crippen molar-refractivity contribution in [3.05, 3.63) is 47.5 Å². The van der Waals surface area contributed by atoms with Gasteiger partial charge in [0.1, 0.15) is 5.75 Å². The molecule has 2 rings (SSSR count). The molecule has 0 aliphatic heterocycles. The molecule has 0 atom stereocenters. The zero-order valence-corrected chi connectivity index (χ0v) is 16.5. The third-order valence-electron chi connectivity index (χ3n) is 3.36. The topological polar surface area (TPSA) is 83.1 Å². The molecule has 8 heteroatoms. The van der Waals surface area contributed by atoms with E-state index in [2.05, 4.69) is 5.32 Å². The van der Waals surface area contributed by atoms with Gasteiger partial charge in [-0.25, -0.2) is 4.79 Å². The lowest BCUT2D eigenvalue weighted by molar-refractivity contribution is -0.149. The van der Waals surface area contributed by atoms with Gasteiger partial charge in [0.05, 0.1) is 13.2 Å². The molecular weight excluding hydrogens is 386 g/mol. The van der Waals surface area contributed by atoms with E-state index in [9.17, 15) is 9.59 Å². The highest BCUT2D eigenvalue weighted by molar-refractivity contribution is 6.30. The van der Waals surface area contributed by atoms with Gasteiger partial charge in [-0.05, 0) is 50.2 Å². The predicted octanol–water partition coefficient (Wildman–Crippen LogP) is 3.70. The van der Waals surface area contributed by atoms with E-state index in [0.29, 0.717) is 41.2 Å². The Kier molecular flexibility index (Phi) is 8.42. The van der Waals surface area contributed by atoms with Gasteiger partial charge < -0.3 is 24.3 Å². The van der Waals surface area contributed by atoms with Gasteiger partial charge in [0.15, 0.2) is 24.7 Å². The Bertz CT molecular complexity index is 794. The molecule has 1 N–H and O–H groups in total. The molecule has 0 aliphatic carbocycles. The minimum atomic E-state index is -0.660. The number of hydrogen-bond donors (Lipinski definition) is 1. The molecule has 0 saturated carbocycles. The van der Waals surface area contributed by atoms with Crippen molar-refractivity contribution in [3.63, 3.8) is 0 Å². The lowest BCUT2D eigenvalue weighted by atomic mass is 10.2. The fourth-order valence-corrected chi connectivity index (χ4v) is 2.31. The number of benzene rings is 2. The Hall–Kier alpha value is -2.93. The number of halogens is 1. The zero-order valence-electron chi connectivity index (χ0n) is 15.7. The van der Waals surface area contributed by atoms with Crippen molar-refractivity contribution in [2.45, 2.75) is 13.8 Å². The summed E-state index contributed by atoms with van der Waals surface area (Å²) >= 11 is 5.77. The van der Waals surface area contributed by atoms with Crippen LogP contribution in [0.1, 0.15) is 13.8 Å². The molecule has 0 fully saturated rings. The van der Waals surface area contributed by atoms with Crippen molar-refractivity contribution >= 4 is 29.2 Å². The van der Waals surface area contributed by atoms with Crippen molar-refractivity contribution in [1.82, 2.24) is 0 Å². The molecule has 1 amide bonds. The van der Waals surface area contributed by atoms with Gasteiger partial charge in [-0.2, -0.15) is 0 Å². The Balaban J connectivity index is 1.80. The Morgan fingerprint density at radius 3 is 2.25 bits per heavy atom. The third-order valence-corrected chi connectivity index (χ3v) is 3.61. The van der Waals surface area contributed by atoms with Crippen molar-refractivity contribution in [2.75, 3.05) is 31.7 Å². The van der Waals surface area contributed by atoms with Crippen LogP contribution in [0.15, 0.2) is 42.5 Å². The van der Waals surface area contributed by atoms with E-state index in [0.717, 1.165) is 0 Å². The van der Waals surface area contributed by atoms with Gasteiger partial charge in [-0.15, -0.1) is 0 Å². The van der Waals surface area contributed by atoms with Crippen LogP contribution in [-0.4, -0.2) is 38.3 Å². The first kappa shape index (κ1) is 21.4. The molecule has 0 aromatic heterocycles. The number of esters is 1. The molecule has 28 heavy (non-hydrogen) atoms. The van der Waals surface area contributed by atoms with Gasteiger partial charge in [0.25, 0.3) is 5.91 Å². The first-order valence-electron chi connectivity index (χ1n) is 8.75. The Morgan fingerprint density at radius 1 is 0.893 bits per heavy atom. The largest absolute Gasteiger partial charge is 0.490 e. The number of hydrogen-bond acceptors (Lipinski definition) is 6. The molecule has 0 bridgehead atoms. The third kappa shape index (κ3) is 7.00. The van der Waals surface area contributed by atoms with Crippen LogP contribution in [0.5, 0.6) is 17.2 Å². The predicted molar refractivity (Wildman–Crippen MR) is 105 cm³/mol. The normalized spacial score (nSPS) is 10.1. The molecule has 0 spiro atoms. The SMILES string of the molecule is CCOc1ccc(NC(=O)COC(=O)COc2ccc(Cl)cc2)cc1OCC. The number of ether oxygens (including phenoxy) is 4. The summed E-state index contributed by atoms with van der Waals surface area (Å²) in [6.45, 7) is 3.94. The standard InChI is InChI=1S/C20H22ClNO6/c1-3-25-17-10-7-15(11-18(17)26-4-2)22-19(23)12-28-20(24)13-27-16-8-5-14(21)6-9-16/h5-11H,3-4,12-13H2,1-2H3,(H,22,23). The summed E-state index contributed by atoms with van der Waals surface area (Å²) in [5, 5.41) is 3.20. The molecule has 0 saturated heterocycles. The minimum absolute atomic E-state index is 0.313. The number of rotatable bonds is 10. The molecule has 2 aromatic rings. The summed E-state index contributed by atoms with van der Waals surface area (Å²) < 4.78 is 21.1. The lowest BCUT2D eigenvalue weighted by Gasteiger charge is -2.13. The number of nitrogens with one attached hydrogen (secondary N) is 1. The average Bonchev–Trinajstić information content (AvgIpc) is 2.68. The monoisotopic (exact) mass is 407 g/mol. The van der Waals surface area contributed by atoms with E-state index in [1.165, 1.54) is 0 Å². The minimum Gasteiger partial charge on any atom is -0.490 e. The van der Waals surface area contributed by atoms with Crippen LogP contribution in [0.4, 0.5) is 5.69 Å². The number of carbonyl (C=O) groups excluding carboxylic acids is 2. The van der Waals surface area contributed by atoms with Crippen LogP contribution in [0.25, 0.3) is 0 Å². The van der Waals surface area contributed by atoms with Crippen LogP contribution >= 0.6 is 11.6 Å². The maximum absolute atomic E-state index is 12.0. The van der Waals surface area contributed by atoms with Gasteiger partial charge in [0.2, 0.25) is 0 Å². The smallest absolute Gasteiger partial charge is 0.344 e. The van der Waals surface area contributed by atoms with Crippen molar-refractivity contribution in [1.29, 1.82) is 0 Å². The molecule has 0 aliphatic rings. The first-order valence-corrected chi connectivity index (χ1v) is 9.13. The van der Waals surface area contributed by atoms with Crippen molar-refractivity contribution in [3.8, 4) is 17.2 Å². The van der Waals surface area contributed by atoms with E-state index >= 15 is 0 Å². The van der Waals surface area contributed by atoms with Crippen LogP contribution in [0, 0.1) is 0 Å². The zero-order chi connectivity index (χ0) is 20.4. The summed E-state index contributed by atoms with van der Waals surface area (Å²) in [5.74, 6) is 0.450. The van der Waals surface area contributed by atoms with Crippen LogP contribution < -0.4 is 19.5 Å². The maximum Gasteiger partial charge on any atom is 0.344 e. The highest BCUT2D eigenvalue weighted by atomic mass is 35.5. The summed E-state index contributed by atoms with van der Waals surface area (Å²) in [5.41, 5.74) is 0.505. The number of carbonyl (C=O) groups is 2. The Labute approximate surface area is 168 Å². The van der Waals surface area contributed by atoms with Crippen molar-refractivity contribution in [2.24, 2.45) is 0 Å². The summed E-state index contributed by atoms with van der Waals surface area (Å²) in [6.07, 6.45) is 0. The molecule has 0 radical (unpaired) electrons. The van der Waals surface area contributed by atoms with E-state index in [1.54, 1.807) is 42.5 Å². The van der Waals surface area contributed by atoms with Gasteiger partial charge in [-0.1, -0.05) is 11.6 Å². The number of amides is 1. The summed E-state index contributed by atoms with van der Waals surface area (Å²) in [7, 11) is 0. The number of anilines is 1. The summed E-state index contributed by atoms with van der Waals surface area (Å²) in [4.78, 5) is 23.7. The van der Waals surface area contributed by atoms with E-state index in [1.807, 2.05) is 13.8 Å².